The van der Waals surface area contributed by atoms with Gasteiger partial charge in [-0.15, -0.1) is 0 Å². The first-order valence-electron chi connectivity index (χ1n) is 5.97. The number of rotatable bonds is 2. The Morgan fingerprint density at radius 3 is 2.38 bits per heavy atom. The van der Waals surface area contributed by atoms with Crippen LogP contribution in [0.4, 0.5) is 13.2 Å². The minimum Gasteiger partial charge on any atom is -0.250 e. The number of hydrogen-bond acceptors (Lipinski definition) is 4. The van der Waals surface area contributed by atoms with Gasteiger partial charge in [-0.2, -0.15) is 13.2 Å². The monoisotopic (exact) mass is 307 g/mol. The third-order valence-electron chi connectivity index (χ3n) is 2.66. The molecule has 0 bridgehead atoms. The number of alkyl halides is 3. The predicted octanol–water partition coefficient (Wildman–Crippen LogP) is 4.19. The molecule has 0 spiro atoms. The van der Waals surface area contributed by atoms with Gasteiger partial charge in [0.2, 0.25) is 5.82 Å². The van der Waals surface area contributed by atoms with E-state index in [1.54, 1.807) is 42.6 Å². The van der Waals surface area contributed by atoms with Crippen molar-refractivity contribution in [1.29, 1.82) is 0 Å². The first-order chi connectivity index (χ1) is 10.0. The van der Waals surface area contributed by atoms with Crippen molar-refractivity contribution in [2.75, 3.05) is 0 Å². The summed E-state index contributed by atoms with van der Waals surface area (Å²) in [5, 5.41) is 1.39. The normalized spacial score (nSPS) is 11.8. The lowest BCUT2D eigenvalue weighted by molar-refractivity contribution is -0.145. The molecule has 21 heavy (non-hydrogen) atoms. The van der Waals surface area contributed by atoms with Crippen molar-refractivity contribution in [3.63, 3.8) is 0 Å². The Labute approximate surface area is 122 Å². The van der Waals surface area contributed by atoms with Crippen LogP contribution in [-0.2, 0) is 6.18 Å². The average Bonchev–Trinajstić information content (AvgIpc) is 2.47. The number of hydrogen-bond donors (Lipinski definition) is 0. The highest BCUT2D eigenvalue weighted by Crippen LogP contribution is 2.34. The Morgan fingerprint density at radius 1 is 0.905 bits per heavy atom. The highest BCUT2D eigenvalue weighted by atomic mass is 32.2. The summed E-state index contributed by atoms with van der Waals surface area (Å²) in [5.41, 5.74) is 0.262. The molecule has 3 aromatic rings. The largest absolute Gasteiger partial charge is 0.451 e. The number of benzene rings is 1. The minimum atomic E-state index is -4.58. The van der Waals surface area contributed by atoms with E-state index in [1.165, 1.54) is 6.07 Å². The van der Waals surface area contributed by atoms with E-state index >= 15 is 0 Å². The van der Waals surface area contributed by atoms with E-state index in [-0.39, 0.29) is 10.5 Å². The molecule has 0 N–H and O–H groups in total. The molecule has 106 valence electrons. The van der Waals surface area contributed by atoms with Crippen molar-refractivity contribution in [3.8, 4) is 0 Å². The zero-order valence-electron chi connectivity index (χ0n) is 10.5. The lowest BCUT2D eigenvalue weighted by Gasteiger charge is -2.09. The smallest absolute Gasteiger partial charge is 0.250 e. The molecule has 0 radical (unpaired) electrons. The van der Waals surface area contributed by atoms with Gasteiger partial charge in [-0.1, -0.05) is 24.3 Å². The molecular formula is C14H8F3N3S. The zero-order valence-corrected chi connectivity index (χ0v) is 11.3. The molecule has 0 aliphatic heterocycles. The van der Waals surface area contributed by atoms with Crippen LogP contribution in [0, 0.1) is 0 Å². The maximum Gasteiger partial charge on any atom is 0.451 e. The van der Waals surface area contributed by atoms with Gasteiger partial charge in [-0.3, -0.25) is 0 Å². The Bertz CT molecular complexity index is 775. The van der Waals surface area contributed by atoms with Crippen LogP contribution >= 0.6 is 11.8 Å². The molecule has 0 aliphatic carbocycles. The van der Waals surface area contributed by atoms with Crippen molar-refractivity contribution in [2.45, 2.75) is 16.2 Å². The third kappa shape index (κ3) is 2.97. The average molecular weight is 307 g/mol. The van der Waals surface area contributed by atoms with Crippen molar-refractivity contribution in [3.05, 3.63) is 54.5 Å². The summed E-state index contributed by atoms with van der Waals surface area (Å²) in [4.78, 5) is 11.3. The molecule has 0 saturated heterocycles. The molecule has 3 rings (SSSR count). The quantitative estimate of drug-likeness (QED) is 0.665. The molecule has 1 aromatic carbocycles. The van der Waals surface area contributed by atoms with Crippen LogP contribution in [0.3, 0.4) is 0 Å². The zero-order chi connectivity index (χ0) is 14.9. The molecule has 0 aliphatic rings. The van der Waals surface area contributed by atoms with Crippen LogP contribution in [0.15, 0.2) is 58.7 Å². The van der Waals surface area contributed by atoms with Crippen molar-refractivity contribution < 1.29 is 13.2 Å². The summed E-state index contributed by atoms with van der Waals surface area (Å²) in [6.07, 6.45) is -3.00. The van der Waals surface area contributed by atoms with Gasteiger partial charge in [0.1, 0.15) is 10.1 Å². The minimum absolute atomic E-state index is 0.242. The van der Waals surface area contributed by atoms with E-state index in [0.29, 0.717) is 10.4 Å². The molecule has 2 aromatic heterocycles. The first-order valence-corrected chi connectivity index (χ1v) is 6.78. The summed E-state index contributed by atoms with van der Waals surface area (Å²) in [5.74, 6) is -1.14. The van der Waals surface area contributed by atoms with E-state index in [9.17, 15) is 13.2 Å². The summed E-state index contributed by atoms with van der Waals surface area (Å²) in [7, 11) is 0. The number of para-hydroxylation sites is 1. The van der Waals surface area contributed by atoms with Gasteiger partial charge in [-0.05, 0) is 30.0 Å². The van der Waals surface area contributed by atoms with E-state index in [1.807, 2.05) is 0 Å². The number of aromatic nitrogens is 3. The fraction of sp³-hybridized carbons (Fsp3) is 0.0714. The molecule has 0 fully saturated rings. The molecular weight excluding hydrogens is 299 g/mol. The fourth-order valence-electron chi connectivity index (χ4n) is 1.76. The van der Waals surface area contributed by atoms with Crippen LogP contribution < -0.4 is 0 Å². The highest BCUT2D eigenvalue weighted by molar-refractivity contribution is 7.99. The van der Waals surface area contributed by atoms with Crippen LogP contribution in [-0.4, -0.2) is 15.0 Å². The third-order valence-corrected chi connectivity index (χ3v) is 3.62. The van der Waals surface area contributed by atoms with E-state index in [0.717, 1.165) is 11.8 Å². The molecule has 0 unspecified atom stereocenters. The summed E-state index contributed by atoms with van der Waals surface area (Å²) >= 11 is 1.09. The van der Waals surface area contributed by atoms with Gasteiger partial charge in [0, 0.05) is 11.6 Å². The Kier molecular flexibility index (Phi) is 3.50. The van der Waals surface area contributed by atoms with Gasteiger partial charge in [0.15, 0.2) is 0 Å². The lowest BCUT2D eigenvalue weighted by Crippen LogP contribution is -2.11. The first kappa shape index (κ1) is 13.8. The van der Waals surface area contributed by atoms with Crippen molar-refractivity contribution in [1.82, 2.24) is 15.0 Å². The second kappa shape index (κ2) is 5.33. The highest BCUT2D eigenvalue weighted by Gasteiger charge is 2.35. The second-order valence-corrected chi connectivity index (χ2v) is 5.15. The van der Waals surface area contributed by atoms with Gasteiger partial charge in [-0.25, -0.2) is 15.0 Å². The van der Waals surface area contributed by atoms with Gasteiger partial charge in [0.25, 0.3) is 0 Å². The van der Waals surface area contributed by atoms with Crippen LogP contribution in [0.2, 0.25) is 0 Å². The maximum atomic E-state index is 12.9. The van der Waals surface area contributed by atoms with E-state index in [2.05, 4.69) is 15.0 Å². The van der Waals surface area contributed by atoms with Crippen LogP contribution in [0.1, 0.15) is 5.82 Å². The molecule has 0 atom stereocenters. The summed E-state index contributed by atoms with van der Waals surface area (Å²) < 4.78 is 38.7. The Hall–Kier alpha value is -2.15. The fourth-order valence-corrected chi connectivity index (χ4v) is 2.63. The second-order valence-electron chi connectivity index (χ2n) is 4.14. The Balaban J connectivity index is 2.15. The predicted molar refractivity (Wildman–Crippen MR) is 72.9 cm³/mol. The lowest BCUT2D eigenvalue weighted by atomic mass is 10.2. The van der Waals surface area contributed by atoms with Crippen molar-refractivity contribution in [2.24, 2.45) is 0 Å². The molecule has 7 heteroatoms. The molecule has 2 heterocycles. The van der Waals surface area contributed by atoms with Gasteiger partial charge < -0.3 is 0 Å². The standard InChI is InChI=1S/C14H8F3N3S/c15-14(16,17)13-19-10-6-2-1-5-9(10)12(20-13)21-11-7-3-4-8-18-11/h1-8H. The molecule has 0 saturated carbocycles. The topological polar surface area (TPSA) is 38.7 Å². The van der Waals surface area contributed by atoms with Gasteiger partial charge >= 0.3 is 6.18 Å². The Morgan fingerprint density at radius 2 is 1.67 bits per heavy atom. The number of pyridine rings is 1. The van der Waals surface area contributed by atoms with E-state index in [4.69, 9.17) is 0 Å². The summed E-state index contributed by atoms with van der Waals surface area (Å²) in [6.45, 7) is 0. The van der Waals surface area contributed by atoms with E-state index < -0.39 is 12.0 Å². The van der Waals surface area contributed by atoms with Gasteiger partial charge in [0.05, 0.1) is 5.52 Å². The molecule has 3 nitrogen and oxygen atoms in total. The van der Waals surface area contributed by atoms with Crippen LogP contribution in [0.5, 0.6) is 0 Å². The number of fused-ring (bicyclic) bond motifs is 1. The van der Waals surface area contributed by atoms with Crippen molar-refractivity contribution >= 4 is 22.7 Å². The van der Waals surface area contributed by atoms with Crippen LogP contribution in [0.25, 0.3) is 10.9 Å². The maximum absolute atomic E-state index is 12.9. The number of nitrogens with zero attached hydrogens (tertiary/aromatic N) is 3. The summed E-state index contributed by atoms with van der Waals surface area (Å²) in [6, 6.07) is 11.8. The number of halogens is 3. The molecule has 0 amide bonds. The SMILES string of the molecule is FC(F)(F)c1nc(Sc2ccccn2)c2ccccc2n1.